The van der Waals surface area contributed by atoms with E-state index in [-0.39, 0.29) is 6.10 Å². The van der Waals surface area contributed by atoms with Crippen molar-refractivity contribution in [1.29, 1.82) is 5.26 Å². The van der Waals surface area contributed by atoms with Crippen LogP contribution in [0.1, 0.15) is 45.1 Å². The van der Waals surface area contributed by atoms with Gasteiger partial charge in [0, 0.05) is 24.2 Å². The average Bonchev–Trinajstić information content (AvgIpc) is 2.68. The highest BCUT2D eigenvalue weighted by molar-refractivity contribution is 6.31. The fourth-order valence-electron chi connectivity index (χ4n) is 3.53. The first-order valence-corrected chi connectivity index (χ1v) is 9.73. The Bertz CT molecular complexity index is 756. The van der Waals surface area contributed by atoms with Crippen molar-refractivity contribution in [2.45, 2.75) is 51.7 Å². The summed E-state index contributed by atoms with van der Waals surface area (Å²) in [6.45, 7) is 4.64. The second kappa shape index (κ2) is 10.3. The molecule has 0 unspecified atom stereocenters. The number of hydrogen-bond acceptors (Lipinski definition) is 4. The van der Waals surface area contributed by atoms with Gasteiger partial charge in [-0.15, -0.1) is 0 Å². The molecule has 27 heavy (non-hydrogen) atoms. The molecule has 0 atom stereocenters. The van der Waals surface area contributed by atoms with E-state index < -0.39 is 0 Å². The molecule has 0 aromatic heterocycles. The van der Waals surface area contributed by atoms with Crippen LogP contribution in [0.4, 0.5) is 0 Å². The fourth-order valence-corrected chi connectivity index (χ4v) is 3.75. The van der Waals surface area contributed by atoms with Gasteiger partial charge in [-0.25, -0.2) is 0 Å². The summed E-state index contributed by atoms with van der Waals surface area (Å²) in [7, 11) is 2.12. The second-order valence-corrected chi connectivity index (χ2v) is 7.30. The Balaban J connectivity index is 1.88. The molecule has 1 fully saturated rings. The van der Waals surface area contributed by atoms with Gasteiger partial charge < -0.3 is 4.74 Å². The van der Waals surface area contributed by atoms with Crippen molar-refractivity contribution in [1.82, 2.24) is 4.90 Å². The molecule has 2 rings (SSSR count). The number of hydrogen-bond donors (Lipinski definition) is 0. The van der Waals surface area contributed by atoms with Crippen LogP contribution in [0.2, 0.25) is 5.02 Å². The van der Waals surface area contributed by atoms with Gasteiger partial charge in [-0.2, -0.15) is 5.26 Å². The number of carbonyl (C=O) groups is 1. The summed E-state index contributed by atoms with van der Waals surface area (Å²) in [5.74, 6) is 0.718. The smallest absolute Gasteiger partial charge is 0.150 e. The van der Waals surface area contributed by atoms with Crippen LogP contribution in [0, 0.1) is 11.3 Å². The first-order valence-electron chi connectivity index (χ1n) is 9.36. The monoisotopic (exact) mass is 386 g/mol. The Hall–Kier alpha value is -2.09. The number of ether oxygens (including phenoxy) is 1. The number of aldehydes is 1. The molecule has 144 valence electrons. The Morgan fingerprint density at radius 3 is 2.52 bits per heavy atom. The van der Waals surface area contributed by atoms with Crippen LogP contribution in [0.5, 0.6) is 5.75 Å². The zero-order valence-electron chi connectivity index (χ0n) is 16.2. The molecule has 4 nitrogen and oxygen atoms in total. The highest BCUT2D eigenvalue weighted by Crippen LogP contribution is 2.29. The predicted octanol–water partition coefficient (Wildman–Crippen LogP) is 4.92. The number of rotatable bonds is 7. The van der Waals surface area contributed by atoms with Gasteiger partial charge in [0.1, 0.15) is 18.1 Å². The Morgan fingerprint density at radius 2 is 2.00 bits per heavy atom. The molecular formula is C22H27ClN2O2. The maximum Gasteiger partial charge on any atom is 0.150 e. The van der Waals surface area contributed by atoms with E-state index in [9.17, 15) is 4.79 Å². The second-order valence-electron chi connectivity index (χ2n) is 6.89. The minimum atomic E-state index is 0.168. The highest BCUT2D eigenvalue weighted by Gasteiger charge is 2.25. The number of allylic oxidation sites excluding steroid dienone is 2. The Morgan fingerprint density at radius 1 is 1.30 bits per heavy atom. The zero-order chi connectivity index (χ0) is 19.8. The Kier molecular flexibility index (Phi) is 8.09. The molecule has 0 amide bonds. The molecule has 0 bridgehead atoms. The zero-order valence-corrected chi connectivity index (χ0v) is 17.0. The lowest BCUT2D eigenvalue weighted by molar-refractivity contribution is -0.104. The molecule has 0 aliphatic heterocycles. The van der Waals surface area contributed by atoms with Gasteiger partial charge in [-0.3, -0.25) is 9.69 Å². The SMILES string of the molecule is C/C=C(C=O)\C(=C/C)CN(C)C1CCC(Oc2ccc(C#N)c(Cl)c2)CC1. The number of benzene rings is 1. The van der Waals surface area contributed by atoms with Crippen LogP contribution in [-0.4, -0.2) is 36.9 Å². The third-order valence-electron chi connectivity index (χ3n) is 5.21. The fraction of sp³-hybridized carbons (Fsp3) is 0.455. The first-order chi connectivity index (χ1) is 13.0. The molecule has 0 N–H and O–H groups in total. The van der Waals surface area contributed by atoms with E-state index in [1.165, 1.54) is 0 Å². The third-order valence-corrected chi connectivity index (χ3v) is 5.52. The predicted molar refractivity (Wildman–Crippen MR) is 109 cm³/mol. The number of nitriles is 1. The van der Waals surface area contributed by atoms with Crippen molar-refractivity contribution in [3.8, 4) is 11.8 Å². The maximum atomic E-state index is 11.2. The standard InChI is InChI=1S/C22H27ClN2O2/c1-4-16(17(5-2)15-26)14-25(3)19-7-10-20(11-8-19)27-21-9-6-18(13-24)22(23)12-21/h4-6,9,12,15,19-20H,7-8,10-11,14H2,1-3H3/b16-4-,17-5-. The summed E-state index contributed by atoms with van der Waals surface area (Å²) in [6, 6.07) is 7.76. The third kappa shape index (κ3) is 5.69. The lowest BCUT2D eigenvalue weighted by atomic mass is 9.91. The molecule has 1 aliphatic rings. The van der Waals surface area contributed by atoms with Gasteiger partial charge in [0.2, 0.25) is 0 Å². The van der Waals surface area contributed by atoms with Crippen LogP contribution in [0.15, 0.2) is 41.5 Å². The summed E-state index contributed by atoms with van der Waals surface area (Å²) >= 11 is 6.08. The summed E-state index contributed by atoms with van der Waals surface area (Å²) in [5.41, 5.74) is 2.30. The van der Waals surface area contributed by atoms with E-state index in [1.54, 1.807) is 18.2 Å². The number of halogens is 1. The molecule has 0 saturated heterocycles. The van der Waals surface area contributed by atoms with E-state index in [1.807, 2.05) is 26.0 Å². The first kappa shape index (κ1) is 21.2. The topological polar surface area (TPSA) is 53.3 Å². The minimum absolute atomic E-state index is 0.168. The maximum absolute atomic E-state index is 11.2. The number of nitrogens with zero attached hydrogens (tertiary/aromatic N) is 2. The largest absolute Gasteiger partial charge is 0.490 e. The van der Waals surface area contributed by atoms with Gasteiger partial charge in [0.15, 0.2) is 0 Å². The highest BCUT2D eigenvalue weighted by atomic mass is 35.5. The van der Waals surface area contributed by atoms with Crippen molar-refractivity contribution in [2.24, 2.45) is 0 Å². The average molecular weight is 387 g/mol. The summed E-state index contributed by atoms with van der Waals surface area (Å²) in [6.07, 6.45) is 9.03. The van der Waals surface area contributed by atoms with E-state index in [0.717, 1.165) is 55.4 Å². The lowest BCUT2D eigenvalue weighted by Crippen LogP contribution is -2.38. The van der Waals surface area contributed by atoms with E-state index >= 15 is 0 Å². The molecular weight excluding hydrogens is 360 g/mol. The van der Waals surface area contributed by atoms with Crippen molar-refractivity contribution < 1.29 is 9.53 Å². The molecule has 1 aromatic rings. The van der Waals surface area contributed by atoms with E-state index in [4.69, 9.17) is 21.6 Å². The van der Waals surface area contributed by atoms with Crippen LogP contribution in [0.3, 0.4) is 0 Å². The Labute approximate surface area is 167 Å². The molecule has 1 aliphatic carbocycles. The van der Waals surface area contributed by atoms with Crippen LogP contribution < -0.4 is 4.74 Å². The van der Waals surface area contributed by atoms with E-state index in [0.29, 0.717) is 16.6 Å². The van der Waals surface area contributed by atoms with Gasteiger partial charge in [-0.1, -0.05) is 23.8 Å². The van der Waals surface area contributed by atoms with Gasteiger partial charge in [0.05, 0.1) is 16.7 Å². The van der Waals surface area contributed by atoms with Gasteiger partial charge >= 0.3 is 0 Å². The minimum Gasteiger partial charge on any atom is -0.490 e. The molecule has 1 aromatic carbocycles. The summed E-state index contributed by atoms with van der Waals surface area (Å²) in [4.78, 5) is 13.5. The summed E-state index contributed by atoms with van der Waals surface area (Å²) in [5, 5.41) is 9.38. The molecule has 5 heteroatoms. The molecule has 0 heterocycles. The number of likely N-dealkylation sites (N-methyl/N-ethyl adjacent to an activating group) is 1. The van der Waals surface area contributed by atoms with Crippen molar-refractivity contribution in [3.63, 3.8) is 0 Å². The van der Waals surface area contributed by atoms with Crippen molar-refractivity contribution in [3.05, 3.63) is 52.1 Å². The molecule has 0 radical (unpaired) electrons. The van der Waals surface area contributed by atoms with Crippen LogP contribution >= 0.6 is 11.6 Å². The normalized spacial score (nSPS) is 21.0. The quantitative estimate of drug-likeness (QED) is 0.379. The van der Waals surface area contributed by atoms with Crippen LogP contribution in [0.25, 0.3) is 0 Å². The van der Waals surface area contributed by atoms with Gasteiger partial charge in [0.25, 0.3) is 0 Å². The number of carbonyl (C=O) groups excluding carboxylic acids is 1. The summed E-state index contributed by atoms with van der Waals surface area (Å²) < 4.78 is 6.06. The molecule has 1 saturated carbocycles. The van der Waals surface area contributed by atoms with Gasteiger partial charge in [-0.05, 0) is 64.3 Å². The van der Waals surface area contributed by atoms with Crippen LogP contribution in [-0.2, 0) is 4.79 Å². The van der Waals surface area contributed by atoms with Crippen molar-refractivity contribution >= 4 is 17.9 Å². The molecule has 0 spiro atoms. The lowest BCUT2D eigenvalue weighted by Gasteiger charge is -2.35. The van der Waals surface area contributed by atoms with E-state index in [2.05, 4.69) is 18.0 Å². The van der Waals surface area contributed by atoms with Crippen molar-refractivity contribution in [2.75, 3.05) is 13.6 Å².